The van der Waals surface area contributed by atoms with E-state index in [1.165, 1.54) is 50.1 Å². The van der Waals surface area contributed by atoms with Crippen LogP contribution in [0.4, 0.5) is 5.69 Å². The largest absolute Gasteiger partial charge is 0.238 e. The zero-order chi connectivity index (χ0) is 29.6. The molecule has 2 heteroatoms. The molecule has 0 aliphatic heterocycles. The van der Waals surface area contributed by atoms with Crippen molar-refractivity contribution in [1.82, 2.24) is 0 Å². The minimum Gasteiger partial charge on any atom is -0.238 e. The molecule has 2 aliphatic carbocycles. The van der Waals surface area contributed by atoms with Gasteiger partial charge in [-0.1, -0.05) is 115 Å². The van der Waals surface area contributed by atoms with Gasteiger partial charge in [0.2, 0.25) is 0 Å². The van der Waals surface area contributed by atoms with Crippen LogP contribution in [0, 0.1) is 17.9 Å². The third kappa shape index (κ3) is 4.10. The van der Waals surface area contributed by atoms with E-state index in [0.717, 1.165) is 27.8 Å². The Kier molecular flexibility index (Phi) is 5.94. The highest BCUT2D eigenvalue weighted by Gasteiger charge is 2.30. The summed E-state index contributed by atoms with van der Waals surface area (Å²) in [4.78, 5) is 3.66. The van der Waals surface area contributed by atoms with Crippen LogP contribution in [0.25, 0.3) is 61.5 Å². The smallest absolute Gasteiger partial charge is 0.187 e. The summed E-state index contributed by atoms with van der Waals surface area (Å²) in [5, 5.41) is 9.55. The van der Waals surface area contributed by atoms with E-state index in [1.54, 1.807) is 0 Å². The fraction of sp³-hybridized carbons (Fsp3) is 0. The number of fused-ring (bicyclic) bond motifs is 5. The zero-order valence-electron chi connectivity index (χ0n) is 23.8. The van der Waals surface area contributed by atoms with Crippen LogP contribution in [0.1, 0.15) is 38.9 Å². The summed E-state index contributed by atoms with van der Waals surface area (Å²) < 4.78 is 0. The van der Waals surface area contributed by atoms with Gasteiger partial charge in [-0.2, -0.15) is 5.26 Å². The van der Waals surface area contributed by atoms with Crippen LogP contribution in [0.3, 0.4) is 0 Å². The summed E-state index contributed by atoms with van der Waals surface area (Å²) in [6.07, 6.45) is 4.44. The van der Waals surface area contributed by atoms with Crippen LogP contribution in [-0.4, -0.2) is 0 Å². The summed E-state index contributed by atoms with van der Waals surface area (Å²) in [5.41, 5.74) is 17.4. The second kappa shape index (κ2) is 10.2. The molecule has 2 nitrogen and oxygen atoms in total. The molecule has 2 aliphatic rings. The van der Waals surface area contributed by atoms with Gasteiger partial charge in [0, 0.05) is 0 Å². The molecule has 0 atom stereocenters. The van der Waals surface area contributed by atoms with E-state index in [-0.39, 0.29) is 0 Å². The molecule has 0 saturated carbocycles. The second-order valence-corrected chi connectivity index (χ2v) is 11.1. The van der Waals surface area contributed by atoms with E-state index in [4.69, 9.17) is 6.57 Å². The Morgan fingerprint density at radius 2 is 0.977 bits per heavy atom. The van der Waals surface area contributed by atoms with Crippen molar-refractivity contribution in [3.63, 3.8) is 0 Å². The van der Waals surface area contributed by atoms with Crippen molar-refractivity contribution in [2.24, 2.45) is 0 Å². The average Bonchev–Trinajstić information content (AvgIpc) is 3.31. The number of rotatable bonds is 2. The van der Waals surface area contributed by atoms with Gasteiger partial charge >= 0.3 is 0 Å². The fourth-order valence-electron chi connectivity index (χ4n) is 6.60. The minimum atomic E-state index is 0.630. The number of nitriles is 1. The zero-order valence-corrected chi connectivity index (χ0v) is 23.8. The topological polar surface area (TPSA) is 28.1 Å². The predicted octanol–water partition coefficient (Wildman–Crippen LogP) is 10.9. The highest BCUT2D eigenvalue weighted by atomic mass is 14.6. The molecule has 6 aromatic rings. The molecule has 0 N–H and O–H groups in total. The molecule has 6 aromatic carbocycles. The second-order valence-electron chi connectivity index (χ2n) is 11.1. The van der Waals surface area contributed by atoms with Gasteiger partial charge in [0.25, 0.3) is 0 Å². The van der Waals surface area contributed by atoms with Gasteiger partial charge in [-0.15, -0.1) is 0 Å². The molecule has 8 rings (SSSR count). The van der Waals surface area contributed by atoms with Crippen LogP contribution in [-0.2, 0) is 0 Å². The first-order valence-electron chi connectivity index (χ1n) is 14.6. The van der Waals surface area contributed by atoms with Crippen molar-refractivity contribution in [2.45, 2.75) is 0 Å². The van der Waals surface area contributed by atoms with Gasteiger partial charge in [0.05, 0.1) is 18.2 Å². The van der Waals surface area contributed by atoms with Gasteiger partial charge in [-0.3, -0.25) is 0 Å². The molecule has 202 valence electrons. The normalized spacial score (nSPS) is 12.3. The Hall–Kier alpha value is -6.22. The standard InChI is InChI=1S/C42H24N2/c1-44-34-13-7-12-31(23-34)33-19-21-38-40(25-33)39-24-32(30-11-6-8-27(22-30)26-43)18-20-37(39)42(38)41-35-14-4-2-9-28(35)16-17-29-10-3-5-15-36(29)41/h2-25H. The van der Waals surface area contributed by atoms with Gasteiger partial charge in [0.15, 0.2) is 5.69 Å². The Labute approximate surface area is 257 Å². The van der Waals surface area contributed by atoms with Crippen molar-refractivity contribution in [3.8, 4) is 39.4 Å². The maximum absolute atomic E-state index is 9.55. The summed E-state index contributed by atoms with van der Waals surface area (Å²) in [7, 11) is 0. The highest BCUT2D eigenvalue weighted by Crippen LogP contribution is 2.52. The molecule has 0 aromatic heterocycles. The van der Waals surface area contributed by atoms with Crippen LogP contribution < -0.4 is 0 Å². The lowest BCUT2D eigenvalue weighted by atomic mass is 9.85. The Balaban J connectivity index is 1.45. The lowest BCUT2D eigenvalue weighted by molar-refractivity contribution is 1.48. The lowest BCUT2D eigenvalue weighted by Crippen LogP contribution is -1.97. The van der Waals surface area contributed by atoms with Gasteiger partial charge < -0.3 is 0 Å². The maximum atomic E-state index is 9.55. The van der Waals surface area contributed by atoms with E-state index in [2.05, 4.69) is 120 Å². The van der Waals surface area contributed by atoms with Crippen LogP contribution in [0.5, 0.6) is 0 Å². The molecule has 0 amide bonds. The summed E-state index contributed by atoms with van der Waals surface area (Å²) >= 11 is 0. The molecule has 0 radical (unpaired) electrons. The molecule has 0 heterocycles. The first-order chi connectivity index (χ1) is 21.7. The Morgan fingerprint density at radius 3 is 1.57 bits per heavy atom. The Bertz CT molecular complexity index is 2140. The molecule has 0 saturated heterocycles. The van der Waals surface area contributed by atoms with Crippen LogP contribution in [0.15, 0.2) is 133 Å². The molecule has 0 bridgehead atoms. The van der Waals surface area contributed by atoms with E-state index >= 15 is 0 Å². The first-order valence-corrected chi connectivity index (χ1v) is 14.6. The number of benzene rings is 6. The highest BCUT2D eigenvalue weighted by molar-refractivity contribution is 6.16. The number of nitrogens with zero attached hydrogens (tertiary/aromatic N) is 2. The molecular formula is C42H24N2. The van der Waals surface area contributed by atoms with Gasteiger partial charge in [0.1, 0.15) is 0 Å². The number of hydrogen-bond donors (Lipinski definition) is 0. The van der Waals surface area contributed by atoms with E-state index in [9.17, 15) is 5.26 Å². The lowest BCUT2D eigenvalue weighted by Gasteiger charge is -2.17. The average molecular weight is 557 g/mol. The van der Waals surface area contributed by atoms with Gasteiger partial charge in [-0.25, -0.2) is 4.85 Å². The SMILES string of the molecule is [C-]#[N+]c1cccc(-c2ccc3c(c2)-c2cc(-c4cccc(C#N)c4)ccc2C3=C2c3ccccc3C=Cc3ccccc32)c1. The van der Waals surface area contributed by atoms with E-state index < -0.39 is 0 Å². The first kappa shape index (κ1) is 25.5. The van der Waals surface area contributed by atoms with Crippen molar-refractivity contribution in [2.75, 3.05) is 0 Å². The third-order valence-corrected chi connectivity index (χ3v) is 8.65. The molecular weight excluding hydrogens is 532 g/mol. The van der Waals surface area contributed by atoms with Crippen molar-refractivity contribution in [3.05, 3.63) is 184 Å². The number of hydrogen-bond acceptors (Lipinski definition) is 1. The predicted molar refractivity (Wildman–Crippen MR) is 181 cm³/mol. The summed E-state index contributed by atoms with van der Waals surface area (Å²) in [6.45, 7) is 7.53. The quantitative estimate of drug-likeness (QED) is 0.195. The molecule has 0 unspecified atom stereocenters. The maximum Gasteiger partial charge on any atom is 0.187 e. The third-order valence-electron chi connectivity index (χ3n) is 8.65. The van der Waals surface area contributed by atoms with Crippen molar-refractivity contribution in [1.29, 1.82) is 5.26 Å². The van der Waals surface area contributed by atoms with E-state index in [0.29, 0.717) is 11.3 Å². The molecule has 0 fully saturated rings. The fourth-order valence-corrected chi connectivity index (χ4v) is 6.60. The molecule has 0 spiro atoms. The van der Waals surface area contributed by atoms with Crippen molar-refractivity contribution >= 4 is 29.0 Å². The van der Waals surface area contributed by atoms with Gasteiger partial charge in [-0.05, 0) is 108 Å². The van der Waals surface area contributed by atoms with Crippen LogP contribution in [0.2, 0.25) is 0 Å². The van der Waals surface area contributed by atoms with Crippen molar-refractivity contribution < 1.29 is 0 Å². The minimum absolute atomic E-state index is 0.630. The summed E-state index contributed by atoms with van der Waals surface area (Å²) in [5.74, 6) is 0. The Morgan fingerprint density at radius 1 is 0.455 bits per heavy atom. The monoisotopic (exact) mass is 556 g/mol. The van der Waals surface area contributed by atoms with E-state index in [1.807, 2.05) is 36.4 Å². The van der Waals surface area contributed by atoms with Crippen LogP contribution >= 0.6 is 0 Å². The molecule has 44 heavy (non-hydrogen) atoms. The summed E-state index contributed by atoms with van der Waals surface area (Å²) in [6, 6.07) is 48.6.